The number of aromatic nitrogens is 4. The van der Waals surface area contributed by atoms with Crippen LogP contribution in [0.1, 0.15) is 62.2 Å². The predicted molar refractivity (Wildman–Crippen MR) is 132 cm³/mol. The third-order valence-electron chi connectivity index (χ3n) is 5.10. The number of amides is 1. The summed E-state index contributed by atoms with van der Waals surface area (Å²) in [5.74, 6) is 0.266. The van der Waals surface area contributed by atoms with Gasteiger partial charge in [-0.05, 0) is 42.0 Å². The van der Waals surface area contributed by atoms with Gasteiger partial charge in [-0.3, -0.25) is 4.79 Å². The van der Waals surface area contributed by atoms with Crippen molar-refractivity contribution in [1.82, 2.24) is 25.9 Å². The summed E-state index contributed by atoms with van der Waals surface area (Å²) in [4.78, 5) is 12.6. The van der Waals surface area contributed by atoms with Gasteiger partial charge in [0.15, 0.2) is 5.75 Å². The summed E-state index contributed by atoms with van der Waals surface area (Å²) >= 11 is 12.7. The molecule has 0 radical (unpaired) electrons. The molecule has 0 saturated carbocycles. The SMILES string of the molecule is CCCCCCCCCNC(=O)c1cc(Oc2c(Cl)cc(Nc3nn[nH]n3)cc2Cl)ccc1O. The van der Waals surface area contributed by atoms with Crippen LogP contribution in [-0.4, -0.2) is 38.2 Å². The Bertz CT molecular complexity index is 1060. The third-order valence-corrected chi connectivity index (χ3v) is 5.66. The number of unbranched alkanes of at least 4 members (excludes halogenated alkanes) is 6. The Hall–Kier alpha value is -3.04. The van der Waals surface area contributed by atoms with E-state index in [9.17, 15) is 9.90 Å². The van der Waals surface area contributed by atoms with Crippen LogP contribution < -0.4 is 15.4 Å². The molecule has 0 bridgehead atoms. The monoisotopic (exact) mass is 506 g/mol. The normalized spacial score (nSPS) is 10.8. The van der Waals surface area contributed by atoms with Crippen molar-refractivity contribution in [3.8, 4) is 17.2 Å². The highest BCUT2D eigenvalue weighted by Crippen LogP contribution is 2.40. The first-order valence-electron chi connectivity index (χ1n) is 11.3. The van der Waals surface area contributed by atoms with Gasteiger partial charge in [0.2, 0.25) is 0 Å². The summed E-state index contributed by atoms with van der Waals surface area (Å²) in [6, 6.07) is 7.56. The topological polar surface area (TPSA) is 125 Å². The fourth-order valence-corrected chi connectivity index (χ4v) is 3.90. The number of benzene rings is 2. The van der Waals surface area contributed by atoms with Gasteiger partial charge in [-0.2, -0.15) is 5.21 Å². The van der Waals surface area contributed by atoms with Crippen LogP contribution in [-0.2, 0) is 0 Å². The van der Waals surface area contributed by atoms with Crippen molar-refractivity contribution in [1.29, 1.82) is 0 Å². The first-order valence-corrected chi connectivity index (χ1v) is 12.0. The van der Waals surface area contributed by atoms with Crippen LogP contribution in [0.25, 0.3) is 0 Å². The van der Waals surface area contributed by atoms with E-state index in [-0.39, 0.29) is 39.0 Å². The van der Waals surface area contributed by atoms with E-state index < -0.39 is 0 Å². The fourth-order valence-electron chi connectivity index (χ4n) is 3.33. The molecule has 0 aliphatic heterocycles. The number of anilines is 2. The first kappa shape index (κ1) is 25.6. The van der Waals surface area contributed by atoms with Gasteiger partial charge in [0.25, 0.3) is 11.9 Å². The molecule has 0 aliphatic rings. The van der Waals surface area contributed by atoms with E-state index in [2.05, 4.69) is 38.2 Å². The number of H-pyrrole nitrogens is 1. The molecule has 0 aliphatic carbocycles. The molecule has 0 fully saturated rings. The number of phenolic OH excluding ortho intramolecular Hbond substituents is 1. The number of phenols is 1. The molecule has 11 heteroatoms. The van der Waals surface area contributed by atoms with Crippen LogP contribution in [0.4, 0.5) is 11.6 Å². The molecule has 1 heterocycles. The van der Waals surface area contributed by atoms with E-state index in [4.69, 9.17) is 27.9 Å². The highest BCUT2D eigenvalue weighted by atomic mass is 35.5. The van der Waals surface area contributed by atoms with E-state index in [1.54, 1.807) is 12.1 Å². The molecule has 0 unspecified atom stereocenters. The van der Waals surface area contributed by atoms with Crippen molar-refractivity contribution in [3.63, 3.8) is 0 Å². The number of rotatable bonds is 13. The standard InChI is InChI=1S/C23H28Cl2N6O3/c1-2-3-4-5-6-7-8-11-26-22(33)17-14-16(9-10-20(17)32)34-21-18(24)12-15(13-19(21)25)27-23-28-30-31-29-23/h9-10,12-14,32H,2-8,11H2,1H3,(H,26,33)(H2,27,28,29,30,31). The lowest BCUT2D eigenvalue weighted by Gasteiger charge is -2.13. The van der Waals surface area contributed by atoms with Crippen LogP contribution in [0.3, 0.4) is 0 Å². The minimum absolute atomic E-state index is 0.114. The van der Waals surface area contributed by atoms with Crippen molar-refractivity contribution >= 4 is 40.7 Å². The molecule has 9 nitrogen and oxygen atoms in total. The average Bonchev–Trinajstić information content (AvgIpc) is 3.32. The van der Waals surface area contributed by atoms with E-state index in [0.29, 0.717) is 18.0 Å². The van der Waals surface area contributed by atoms with Gasteiger partial charge < -0.3 is 20.5 Å². The Morgan fingerprint density at radius 3 is 2.44 bits per heavy atom. The number of ether oxygens (including phenoxy) is 1. The predicted octanol–water partition coefficient (Wildman–Crippen LogP) is 6.23. The Morgan fingerprint density at radius 1 is 1.06 bits per heavy atom. The fraction of sp³-hybridized carbons (Fsp3) is 0.391. The largest absolute Gasteiger partial charge is 0.507 e. The maximum atomic E-state index is 12.6. The first-order chi connectivity index (χ1) is 16.5. The number of hydrogen-bond acceptors (Lipinski definition) is 7. The van der Waals surface area contributed by atoms with Gasteiger partial charge in [-0.1, -0.05) is 73.7 Å². The third kappa shape index (κ3) is 7.50. The van der Waals surface area contributed by atoms with Crippen LogP contribution in [0, 0.1) is 0 Å². The summed E-state index contributed by atoms with van der Waals surface area (Å²) in [5, 5.41) is 29.8. The van der Waals surface area contributed by atoms with Gasteiger partial charge in [0.1, 0.15) is 11.5 Å². The Kier molecular flexibility index (Phi) is 9.78. The van der Waals surface area contributed by atoms with Crippen molar-refractivity contribution < 1.29 is 14.6 Å². The molecular weight excluding hydrogens is 479 g/mol. The van der Waals surface area contributed by atoms with Crippen LogP contribution in [0.15, 0.2) is 30.3 Å². The second-order valence-electron chi connectivity index (χ2n) is 7.79. The molecule has 0 spiro atoms. The van der Waals surface area contributed by atoms with E-state index >= 15 is 0 Å². The number of nitrogens with one attached hydrogen (secondary N) is 3. The second kappa shape index (κ2) is 13.0. The average molecular weight is 507 g/mol. The van der Waals surface area contributed by atoms with Gasteiger partial charge in [0.05, 0.1) is 15.6 Å². The van der Waals surface area contributed by atoms with Crippen LogP contribution in [0.5, 0.6) is 17.2 Å². The molecule has 4 N–H and O–H groups in total. The summed E-state index contributed by atoms with van der Waals surface area (Å²) < 4.78 is 5.83. The molecule has 1 amide bonds. The Labute approximate surface area is 208 Å². The van der Waals surface area contributed by atoms with Crippen molar-refractivity contribution in [2.75, 3.05) is 11.9 Å². The molecule has 2 aromatic carbocycles. The number of aromatic amines is 1. The number of hydrogen-bond donors (Lipinski definition) is 4. The second-order valence-corrected chi connectivity index (χ2v) is 8.60. The lowest BCUT2D eigenvalue weighted by Crippen LogP contribution is -2.24. The molecule has 3 rings (SSSR count). The van der Waals surface area contributed by atoms with E-state index in [1.807, 2.05) is 0 Å². The molecule has 0 saturated heterocycles. The van der Waals surface area contributed by atoms with Gasteiger partial charge in [-0.15, -0.1) is 5.10 Å². The zero-order valence-corrected chi connectivity index (χ0v) is 20.4. The highest BCUT2D eigenvalue weighted by Gasteiger charge is 2.16. The summed E-state index contributed by atoms with van der Waals surface area (Å²) in [7, 11) is 0. The number of nitrogens with zero attached hydrogens (tertiary/aromatic N) is 3. The molecule has 182 valence electrons. The zero-order chi connectivity index (χ0) is 24.3. The van der Waals surface area contributed by atoms with Gasteiger partial charge in [0, 0.05) is 12.2 Å². The van der Waals surface area contributed by atoms with Crippen LogP contribution in [0.2, 0.25) is 10.0 Å². The number of carbonyl (C=O) groups is 1. The minimum atomic E-state index is -0.370. The maximum Gasteiger partial charge on any atom is 0.267 e. The quantitative estimate of drug-likeness (QED) is 0.202. The van der Waals surface area contributed by atoms with Crippen molar-refractivity contribution in [3.05, 3.63) is 45.9 Å². The Morgan fingerprint density at radius 2 is 1.76 bits per heavy atom. The number of tetrazole rings is 1. The molecular formula is C23H28Cl2N6O3. The number of aromatic hydroxyl groups is 1. The molecule has 1 aromatic heterocycles. The van der Waals surface area contributed by atoms with E-state index in [0.717, 1.165) is 19.3 Å². The van der Waals surface area contributed by atoms with Gasteiger partial charge >= 0.3 is 0 Å². The Balaban J connectivity index is 1.58. The summed E-state index contributed by atoms with van der Waals surface area (Å²) in [5.41, 5.74) is 0.656. The lowest BCUT2D eigenvalue weighted by molar-refractivity contribution is 0.0950. The maximum absolute atomic E-state index is 12.6. The smallest absolute Gasteiger partial charge is 0.267 e. The highest BCUT2D eigenvalue weighted by molar-refractivity contribution is 6.37. The van der Waals surface area contributed by atoms with Crippen molar-refractivity contribution in [2.45, 2.75) is 51.9 Å². The summed E-state index contributed by atoms with van der Waals surface area (Å²) in [6.45, 7) is 2.74. The minimum Gasteiger partial charge on any atom is -0.507 e. The van der Waals surface area contributed by atoms with Gasteiger partial charge in [-0.25, -0.2) is 0 Å². The number of halogens is 2. The zero-order valence-electron chi connectivity index (χ0n) is 18.9. The summed E-state index contributed by atoms with van der Waals surface area (Å²) in [6.07, 6.45) is 8.10. The van der Waals surface area contributed by atoms with Crippen LogP contribution >= 0.6 is 23.2 Å². The molecule has 3 aromatic rings. The van der Waals surface area contributed by atoms with E-state index in [1.165, 1.54) is 43.9 Å². The molecule has 34 heavy (non-hydrogen) atoms. The number of carbonyl (C=O) groups excluding carboxylic acids is 1. The van der Waals surface area contributed by atoms with Crippen molar-refractivity contribution in [2.24, 2.45) is 0 Å². The molecule has 0 atom stereocenters. The lowest BCUT2D eigenvalue weighted by atomic mass is 10.1.